The first-order valence-corrected chi connectivity index (χ1v) is 7.41. The van der Waals surface area contributed by atoms with Crippen LogP contribution < -0.4 is 5.73 Å². The molecule has 0 atom stereocenters. The molecular formula is C18H13NS. The Kier molecular flexibility index (Phi) is 2.51. The number of thiophene rings is 1. The summed E-state index contributed by atoms with van der Waals surface area (Å²) in [6.07, 6.45) is 0. The lowest BCUT2D eigenvalue weighted by atomic mass is 10.0. The van der Waals surface area contributed by atoms with E-state index >= 15 is 0 Å². The van der Waals surface area contributed by atoms with Crippen LogP contribution in [0.4, 0.5) is 5.69 Å². The van der Waals surface area contributed by atoms with Gasteiger partial charge in [0.25, 0.3) is 0 Å². The van der Waals surface area contributed by atoms with E-state index in [1.165, 1.54) is 31.3 Å². The van der Waals surface area contributed by atoms with E-state index < -0.39 is 0 Å². The second-order valence-corrected chi connectivity index (χ2v) is 5.99. The molecule has 1 heterocycles. The smallest absolute Gasteiger partial charge is 0.0414 e. The van der Waals surface area contributed by atoms with Crippen molar-refractivity contribution < 1.29 is 0 Å². The van der Waals surface area contributed by atoms with Crippen molar-refractivity contribution in [3.8, 4) is 11.1 Å². The molecule has 0 aliphatic rings. The SMILES string of the molecule is Nc1cc(-c2ccccc2)cc2sc3ccccc3c12. The van der Waals surface area contributed by atoms with E-state index in [-0.39, 0.29) is 0 Å². The molecular weight excluding hydrogens is 262 g/mol. The van der Waals surface area contributed by atoms with E-state index in [2.05, 4.69) is 60.7 Å². The van der Waals surface area contributed by atoms with Crippen LogP contribution in [0.5, 0.6) is 0 Å². The molecule has 0 fully saturated rings. The van der Waals surface area contributed by atoms with E-state index in [0.29, 0.717) is 0 Å². The van der Waals surface area contributed by atoms with Gasteiger partial charge in [-0.2, -0.15) is 0 Å². The zero-order valence-corrected chi connectivity index (χ0v) is 11.7. The van der Waals surface area contributed by atoms with Crippen LogP contribution in [0, 0.1) is 0 Å². The summed E-state index contributed by atoms with van der Waals surface area (Å²) in [5, 5.41) is 2.44. The third-order valence-electron chi connectivity index (χ3n) is 3.62. The minimum absolute atomic E-state index is 0.860. The largest absolute Gasteiger partial charge is 0.398 e. The van der Waals surface area contributed by atoms with E-state index in [4.69, 9.17) is 5.73 Å². The van der Waals surface area contributed by atoms with E-state index in [9.17, 15) is 0 Å². The van der Waals surface area contributed by atoms with Gasteiger partial charge in [-0.15, -0.1) is 11.3 Å². The van der Waals surface area contributed by atoms with Crippen LogP contribution in [0.15, 0.2) is 66.7 Å². The van der Waals surface area contributed by atoms with Crippen molar-refractivity contribution in [3.05, 3.63) is 66.7 Å². The Hall–Kier alpha value is -2.32. The summed E-state index contributed by atoms with van der Waals surface area (Å²) < 4.78 is 2.55. The molecule has 1 nitrogen and oxygen atoms in total. The first kappa shape index (κ1) is 11.5. The number of hydrogen-bond donors (Lipinski definition) is 1. The standard InChI is InChI=1S/C18H13NS/c19-15-10-13(12-6-2-1-3-7-12)11-17-18(15)14-8-4-5-9-16(14)20-17/h1-11H,19H2. The summed E-state index contributed by atoms with van der Waals surface area (Å²) in [7, 11) is 0. The molecule has 96 valence electrons. The Balaban J connectivity index is 2.06. The summed E-state index contributed by atoms with van der Waals surface area (Å²) in [5.41, 5.74) is 9.56. The molecule has 4 aromatic rings. The molecule has 1 aromatic heterocycles. The lowest BCUT2D eigenvalue weighted by Gasteiger charge is -2.05. The zero-order chi connectivity index (χ0) is 13.5. The Morgan fingerprint density at radius 2 is 1.45 bits per heavy atom. The van der Waals surface area contributed by atoms with Crippen molar-refractivity contribution in [2.75, 3.05) is 5.73 Å². The van der Waals surface area contributed by atoms with Crippen molar-refractivity contribution >= 4 is 37.2 Å². The molecule has 0 saturated heterocycles. The lowest BCUT2D eigenvalue weighted by molar-refractivity contribution is 1.65. The fourth-order valence-electron chi connectivity index (χ4n) is 2.68. The van der Waals surface area contributed by atoms with Gasteiger partial charge in [-0.25, -0.2) is 0 Å². The molecule has 0 aliphatic carbocycles. The van der Waals surface area contributed by atoms with Gasteiger partial charge in [0.1, 0.15) is 0 Å². The maximum atomic E-state index is 6.31. The van der Waals surface area contributed by atoms with E-state index in [1.54, 1.807) is 11.3 Å². The predicted octanol–water partition coefficient (Wildman–Crippen LogP) is 5.30. The van der Waals surface area contributed by atoms with Gasteiger partial charge in [0.2, 0.25) is 0 Å². The summed E-state index contributed by atoms with van der Waals surface area (Å²) in [5.74, 6) is 0. The minimum atomic E-state index is 0.860. The van der Waals surface area contributed by atoms with Crippen LogP contribution in [0.25, 0.3) is 31.3 Å². The Labute approximate surface area is 121 Å². The average Bonchev–Trinajstić information content (AvgIpc) is 2.87. The number of fused-ring (bicyclic) bond motifs is 3. The highest BCUT2D eigenvalue weighted by atomic mass is 32.1. The fourth-order valence-corrected chi connectivity index (χ4v) is 3.86. The molecule has 3 aromatic carbocycles. The first-order valence-electron chi connectivity index (χ1n) is 6.59. The summed E-state index contributed by atoms with van der Waals surface area (Å²) in [6.45, 7) is 0. The summed E-state index contributed by atoms with van der Waals surface area (Å²) in [4.78, 5) is 0. The van der Waals surface area contributed by atoms with Crippen molar-refractivity contribution in [3.63, 3.8) is 0 Å². The Morgan fingerprint density at radius 3 is 2.30 bits per heavy atom. The molecule has 20 heavy (non-hydrogen) atoms. The molecule has 0 spiro atoms. The molecule has 0 amide bonds. The summed E-state index contributed by atoms with van der Waals surface area (Å²) >= 11 is 1.80. The maximum Gasteiger partial charge on any atom is 0.0414 e. The second-order valence-electron chi connectivity index (χ2n) is 4.90. The van der Waals surface area contributed by atoms with Crippen LogP contribution in [0.1, 0.15) is 0 Å². The number of rotatable bonds is 1. The number of benzene rings is 3. The quantitative estimate of drug-likeness (QED) is 0.468. The van der Waals surface area contributed by atoms with Gasteiger partial charge in [0.05, 0.1) is 0 Å². The molecule has 0 bridgehead atoms. The third-order valence-corrected chi connectivity index (χ3v) is 4.73. The van der Waals surface area contributed by atoms with Gasteiger partial charge in [0, 0.05) is 25.9 Å². The van der Waals surface area contributed by atoms with Crippen LogP contribution in [-0.2, 0) is 0 Å². The summed E-state index contributed by atoms with van der Waals surface area (Å²) in [6, 6.07) is 23.1. The number of nitrogen functional groups attached to an aromatic ring is 1. The number of anilines is 1. The molecule has 0 radical (unpaired) electrons. The molecule has 4 rings (SSSR count). The topological polar surface area (TPSA) is 26.0 Å². The van der Waals surface area contributed by atoms with Gasteiger partial charge < -0.3 is 5.73 Å². The third kappa shape index (κ3) is 1.69. The average molecular weight is 275 g/mol. The van der Waals surface area contributed by atoms with Gasteiger partial charge >= 0.3 is 0 Å². The van der Waals surface area contributed by atoms with Gasteiger partial charge in [0.15, 0.2) is 0 Å². The van der Waals surface area contributed by atoms with Gasteiger partial charge in [-0.3, -0.25) is 0 Å². The maximum absolute atomic E-state index is 6.31. The zero-order valence-electron chi connectivity index (χ0n) is 10.8. The van der Waals surface area contributed by atoms with Crippen LogP contribution in [0.3, 0.4) is 0 Å². The number of hydrogen-bond acceptors (Lipinski definition) is 2. The van der Waals surface area contributed by atoms with Crippen molar-refractivity contribution in [2.24, 2.45) is 0 Å². The monoisotopic (exact) mass is 275 g/mol. The van der Waals surface area contributed by atoms with Crippen LogP contribution in [0.2, 0.25) is 0 Å². The Bertz CT molecular complexity index is 907. The second kappa shape index (κ2) is 4.36. The molecule has 0 saturated carbocycles. The normalized spacial score (nSPS) is 11.2. The first-order chi connectivity index (χ1) is 9.83. The van der Waals surface area contributed by atoms with Gasteiger partial charge in [-0.05, 0) is 29.3 Å². The van der Waals surface area contributed by atoms with Crippen molar-refractivity contribution in [1.82, 2.24) is 0 Å². The predicted molar refractivity (Wildman–Crippen MR) is 89.2 cm³/mol. The number of nitrogens with two attached hydrogens (primary N) is 1. The van der Waals surface area contributed by atoms with Crippen molar-refractivity contribution in [1.29, 1.82) is 0 Å². The van der Waals surface area contributed by atoms with Crippen LogP contribution in [-0.4, -0.2) is 0 Å². The highest BCUT2D eigenvalue weighted by molar-refractivity contribution is 7.26. The molecule has 0 unspecified atom stereocenters. The molecule has 2 N–H and O–H groups in total. The highest BCUT2D eigenvalue weighted by Crippen LogP contribution is 2.39. The Morgan fingerprint density at radius 1 is 0.700 bits per heavy atom. The van der Waals surface area contributed by atoms with Crippen LogP contribution >= 0.6 is 11.3 Å². The lowest BCUT2D eigenvalue weighted by Crippen LogP contribution is -1.87. The molecule has 2 heteroatoms. The highest BCUT2D eigenvalue weighted by Gasteiger charge is 2.09. The van der Waals surface area contributed by atoms with Gasteiger partial charge in [-0.1, -0.05) is 48.5 Å². The van der Waals surface area contributed by atoms with E-state index in [1.807, 2.05) is 6.07 Å². The fraction of sp³-hybridized carbons (Fsp3) is 0. The minimum Gasteiger partial charge on any atom is -0.398 e. The molecule has 0 aliphatic heterocycles. The van der Waals surface area contributed by atoms with E-state index in [0.717, 1.165) is 5.69 Å². The van der Waals surface area contributed by atoms with Crippen molar-refractivity contribution in [2.45, 2.75) is 0 Å².